The first-order chi connectivity index (χ1) is 15.1. The van der Waals surface area contributed by atoms with Crippen molar-refractivity contribution in [3.63, 3.8) is 0 Å². The normalized spacial score (nSPS) is 18.1. The summed E-state index contributed by atoms with van der Waals surface area (Å²) in [4.78, 5) is 28.5. The van der Waals surface area contributed by atoms with Crippen molar-refractivity contribution in [2.24, 2.45) is 0 Å². The maximum Gasteiger partial charge on any atom is 0.300 e. The molecule has 5 rings (SSSR count). The van der Waals surface area contributed by atoms with Crippen molar-refractivity contribution in [1.82, 2.24) is 0 Å². The number of halogens is 1. The number of carbonyl (C=O) groups is 2. The van der Waals surface area contributed by atoms with E-state index in [9.17, 15) is 14.7 Å². The van der Waals surface area contributed by atoms with E-state index in [1.54, 1.807) is 30.3 Å². The van der Waals surface area contributed by atoms with Gasteiger partial charge in [0.2, 0.25) is 0 Å². The Balaban J connectivity index is 1.77. The molecule has 1 N–H and O–H groups in total. The second kappa shape index (κ2) is 7.69. The number of aliphatic hydroxyl groups is 1. The Hall–Kier alpha value is -3.41. The van der Waals surface area contributed by atoms with Crippen LogP contribution in [0.3, 0.4) is 0 Å². The van der Waals surface area contributed by atoms with Gasteiger partial charge in [0, 0.05) is 21.2 Å². The number of amides is 1. The molecular formula is C25H16ClNO3S. The Morgan fingerprint density at radius 1 is 0.935 bits per heavy atom. The van der Waals surface area contributed by atoms with E-state index in [1.807, 2.05) is 53.9 Å². The van der Waals surface area contributed by atoms with Crippen LogP contribution in [0.25, 0.3) is 16.5 Å². The Bertz CT molecular complexity index is 1350. The van der Waals surface area contributed by atoms with Crippen LogP contribution in [0.4, 0.5) is 5.69 Å². The minimum Gasteiger partial charge on any atom is -0.507 e. The summed E-state index contributed by atoms with van der Waals surface area (Å²) in [6.45, 7) is 0. The fourth-order valence-electron chi connectivity index (χ4n) is 4.02. The van der Waals surface area contributed by atoms with E-state index in [2.05, 4.69) is 0 Å². The molecule has 1 aromatic heterocycles. The Morgan fingerprint density at radius 2 is 1.71 bits per heavy atom. The lowest BCUT2D eigenvalue weighted by atomic mass is 9.96. The van der Waals surface area contributed by atoms with E-state index >= 15 is 0 Å². The molecule has 1 saturated heterocycles. The molecule has 0 radical (unpaired) electrons. The number of ketones is 1. The van der Waals surface area contributed by atoms with Gasteiger partial charge in [-0.05, 0) is 40.4 Å². The summed E-state index contributed by atoms with van der Waals surface area (Å²) in [7, 11) is 0. The molecule has 1 unspecified atom stereocenters. The van der Waals surface area contributed by atoms with E-state index in [0.29, 0.717) is 16.3 Å². The first-order valence-electron chi connectivity index (χ1n) is 9.64. The van der Waals surface area contributed by atoms with Gasteiger partial charge in [-0.2, -0.15) is 0 Å². The van der Waals surface area contributed by atoms with Crippen molar-refractivity contribution >= 4 is 56.8 Å². The summed E-state index contributed by atoms with van der Waals surface area (Å²) >= 11 is 7.58. The molecule has 0 spiro atoms. The third-order valence-corrected chi connectivity index (χ3v) is 6.55. The average molecular weight is 446 g/mol. The van der Waals surface area contributed by atoms with Gasteiger partial charge < -0.3 is 5.11 Å². The molecule has 31 heavy (non-hydrogen) atoms. The molecule has 0 saturated carbocycles. The number of Topliss-reactive ketones (excluding diaryl/α,β-unsaturated/α-hetero) is 1. The number of thiophene rings is 1. The highest BCUT2D eigenvalue weighted by Crippen LogP contribution is 2.44. The zero-order chi connectivity index (χ0) is 21.5. The van der Waals surface area contributed by atoms with Gasteiger partial charge in [-0.1, -0.05) is 66.2 Å². The second-order valence-corrected chi connectivity index (χ2v) is 8.61. The number of benzene rings is 3. The molecule has 2 heterocycles. The monoisotopic (exact) mass is 445 g/mol. The molecule has 3 aromatic carbocycles. The molecule has 6 heteroatoms. The van der Waals surface area contributed by atoms with Crippen LogP contribution < -0.4 is 4.90 Å². The number of fused-ring (bicyclic) bond motifs is 1. The van der Waals surface area contributed by atoms with Crippen LogP contribution in [0.5, 0.6) is 0 Å². The van der Waals surface area contributed by atoms with Gasteiger partial charge in [0.05, 0.1) is 5.57 Å². The summed E-state index contributed by atoms with van der Waals surface area (Å²) < 4.78 is 0. The highest BCUT2D eigenvalue weighted by molar-refractivity contribution is 7.10. The van der Waals surface area contributed by atoms with Crippen molar-refractivity contribution in [2.45, 2.75) is 6.04 Å². The molecule has 1 fully saturated rings. The molecule has 0 bridgehead atoms. The molecule has 1 amide bonds. The fourth-order valence-corrected chi connectivity index (χ4v) is 5.03. The summed E-state index contributed by atoms with van der Waals surface area (Å²) in [5, 5.41) is 15.4. The van der Waals surface area contributed by atoms with Gasteiger partial charge in [-0.25, -0.2) is 0 Å². The smallest absolute Gasteiger partial charge is 0.300 e. The topological polar surface area (TPSA) is 57.6 Å². The van der Waals surface area contributed by atoms with Gasteiger partial charge >= 0.3 is 0 Å². The van der Waals surface area contributed by atoms with Crippen molar-refractivity contribution in [2.75, 3.05) is 4.90 Å². The van der Waals surface area contributed by atoms with Crippen molar-refractivity contribution in [3.05, 3.63) is 105 Å². The zero-order valence-corrected chi connectivity index (χ0v) is 17.7. The van der Waals surface area contributed by atoms with Gasteiger partial charge in [-0.15, -0.1) is 11.3 Å². The van der Waals surface area contributed by atoms with Crippen LogP contribution in [0.2, 0.25) is 5.02 Å². The minimum absolute atomic E-state index is 0.0729. The molecule has 152 valence electrons. The Morgan fingerprint density at radius 3 is 2.48 bits per heavy atom. The summed E-state index contributed by atoms with van der Waals surface area (Å²) in [6, 6.07) is 22.9. The van der Waals surface area contributed by atoms with Crippen molar-refractivity contribution in [3.8, 4) is 0 Å². The highest BCUT2D eigenvalue weighted by atomic mass is 35.5. The van der Waals surface area contributed by atoms with Crippen LogP contribution >= 0.6 is 22.9 Å². The molecule has 1 aliphatic rings. The van der Waals surface area contributed by atoms with Crippen LogP contribution in [0, 0.1) is 0 Å². The zero-order valence-electron chi connectivity index (χ0n) is 16.2. The first-order valence-corrected chi connectivity index (χ1v) is 10.9. The van der Waals surface area contributed by atoms with Gasteiger partial charge in [0.25, 0.3) is 11.7 Å². The lowest BCUT2D eigenvalue weighted by Gasteiger charge is -2.24. The molecule has 4 nitrogen and oxygen atoms in total. The van der Waals surface area contributed by atoms with Gasteiger partial charge in [0.1, 0.15) is 11.8 Å². The van der Waals surface area contributed by atoms with Crippen molar-refractivity contribution in [1.29, 1.82) is 0 Å². The molecule has 1 aliphatic heterocycles. The molecule has 4 aromatic rings. The summed E-state index contributed by atoms with van der Waals surface area (Å²) in [5.41, 5.74) is 1.09. The van der Waals surface area contributed by atoms with E-state index in [0.717, 1.165) is 15.6 Å². The lowest BCUT2D eigenvalue weighted by Crippen LogP contribution is -2.29. The average Bonchev–Trinajstić information content (AvgIpc) is 3.40. The van der Waals surface area contributed by atoms with Crippen LogP contribution in [0.15, 0.2) is 89.8 Å². The number of carbonyl (C=O) groups excluding carboxylic acids is 2. The Labute approximate surface area is 187 Å². The second-order valence-electron chi connectivity index (χ2n) is 7.19. The number of anilines is 1. The van der Waals surface area contributed by atoms with Gasteiger partial charge in [0.15, 0.2) is 0 Å². The van der Waals surface area contributed by atoms with Crippen LogP contribution in [-0.4, -0.2) is 16.8 Å². The minimum atomic E-state index is -0.738. The third-order valence-electron chi connectivity index (χ3n) is 5.39. The van der Waals surface area contributed by atoms with Crippen LogP contribution in [-0.2, 0) is 9.59 Å². The molecule has 1 atom stereocenters. The SMILES string of the molecule is O=C1C(=O)N(c2cccc(Cl)c2)C(c2cccs2)/C1=C(/O)c1cccc2ccccc12. The largest absolute Gasteiger partial charge is 0.507 e. The first kappa shape index (κ1) is 19.5. The fraction of sp³-hybridized carbons (Fsp3) is 0.0400. The van der Waals surface area contributed by atoms with E-state index in [4.69, 9.17) is 11.6 Å². The number of nitrogens with zero attached hydrogens (tertiary/aromatic N) is 1. The van der Waals surface area contributed by atoms with E-state index < -0.39 is 17.7 Å². The Kier molecular flexibility index (Phi) is 4.85. The number of hydrogen-bond acceptors (Lipinski definition) is 4. The molecule has 0 aliphatic carbocycles. The predicted octanol–water partition coefficient (Wildman–Crippen LogP) is 6.18. The quantitative estimate of drug-likeness (QED) is 0.232. The van der Waals surface area contributed by atoms with Gasteiger partial charge in [-0.3, -0.25) is 14.5 Å². The maximum atomic E-state index is 13.2. The number of rotatable bonds is 3. The maximum absolute atomic E-state index is 13.2. The lowest BCUT2D eigenvalue weighted by molar-refractivity contribution is -0.132. The van der Waals surface area contributed by atoms with E-state index in [1.165, 1.54) is 16.2 Å². The molecular weight excluding hydrogens is 430 g/mol. The van der Waals surface area contributed by atoms with Crippen molar-refractivity contribution < 1.29 is 14.7 Å². The summed E-state index contributed by atoms with van der Waals surface area (Å²) in [6.07, 6.45) is 0. The van der Waals surface area contributed by atoms with E-state index in [-0.39, 0.29) is 11.3 Å². The van der Waals surface area contributed by atoms with Crippen LogP contribution in [0.1, 0.15) is 16.5 Å². The predicted molar refractivity (Wildman–Crippen MR) is 125 cm³/mol. The number of hydrogen-bond donors (Lipinski definition) is 1. The highest BCUT2D eigenvalue weighted by Gasteiger charge is 2.47. The third kappa shape index (κ3) is 3.23. The number of aliphatic hydroxyl groups excluding tert-OH is 1. The standard InChI is InChI=1S/C25H16ClNO3S/c26-16-8-4-9-17(14-16)27-22(20-12-5-13-31-20)21(24(29)25(27)30)23(28)19-11-3-7-15-6-1-2-10-18(15)19/h1-14,22,28H/b23-21-. The summed E-state index contributed by atoms with van der Waals surface area (Å²) in [5.74, 6) is -1.59.